The van der Waals surface area contributed by atoms with Crippen LogP contribution in [0.3, 0.4) is 0 Å². The third-order valence-corrected chi connectivity index (χ3v) is 4.52. The summed E-state index contributed by atoms with van der Waals surface area (Å²) in [6.07, 6.45) is 6.92. The monoisotopic (exact) mass is 347 g/mol. The number of hydrogen-bond acceptors (Lipinski definition) is 7. The van der Waals surface area contributed by atoms with E-state index < -0.39 is 0 Å². The highest BCUT2D eigenvalue weighted by Crippen LogP contribution is 2.27. The summed E-state index contributed by atoms with van der Waals surface area (Å²) < 4.78 is 1.94. The highest BCUT2D eigenvalue weighted by atomic mass is 32.1. The highest BCUT2D eigenvalue weighted by molar-refractivity contribution is 7.13. The Bertz CT molecular complexity index is 1150. The van der Waals surface area contributed by atoms with Gasteiger partial charge in [-0.2, -0.15) is 0 Å². The molecule has 0 atom stereocenters. The van der Waals surface area contributed by atoms with E-state index in [1.165, 1.54) is 11.3 Å². The third-order valence-electron chi connectivity index (χ3n) is 3.91. The van der Waals surface area contributed by atoms with E-state index in [9.17, 15) is 4.79 Å². The number of carbonyl (C=O) groups is 1. The van der Waals surface area contributed by atoms with E-state index in [0.717, 1.165) is 16.8 Å². The van der Waals surface area contributed by atoms with Crippen LogP contribution in [0, 0.1) is 0 Å². The number of fused-ring (bicyclic) bond motifs is 2. The predicted octanol–water partition coefficient (Wildman–Crippen LogP) is 2.56. The Kier molecular flexibility index (Phi) is 2.94. The minimum Gasteiger partial charge on any atom is -0.312 e. The van der Waals surface area contributed by atoms with E-state index >= 15 is 0 Å². The fraction of sp³-hybridized carbons (Fsp3) is 0. The molecule has 120 valence electrons. The Morgan fingerprint density at radius 2 is 2.16 bits per heavy atom. The fourth-order valence-corrected chi connectivity index (χ4v) is 3.21. The van der Waals surface area contributed by atoms with Gasteiger partial charge >= 0.3 is 0 Å². The molecule has 4 aromatic rings. The molecular weight excluding hydrogens is 338 g/mol. The molecule has 1 aromatic carbocycles. The first kappa shape index (κ1) is 13.9. The molecule has 1 amide bonds. The zero-order valence-corrected chi connectivity index (χ0v) is 13.4. The molecule has 9 heteroatoms. The van der Waals surface area contributed by atoms with E-state index in [2.05, 4.69) is 30.5 Å². The van der Waals surface area contributed by atoms with E-state index in [-0.39, 0.29) is 5.91 Å². The van der Waals surface area contributed by atoms with Crippen molar-refractivity contribution in [3.8, 4) is 11.3 Å². The van der Waals surface area contributed by atoms with Gasteiger partial charge in [-0.05, 0) is 12.1 Å². The average Bonchev–Trinajstić information content (AvgIpc) is 3.36. The standard InChI is InChI=1S/C16H9N7OS/c24-15-11-2-1-9(5-10(11)6-19-15)12-7-18-13(14-17-3-4-23(12)14)21-16-22-20-8-25-16/h1-8H,(H,18,21,22). The van der Waals surface area contributed by atoms with Crippen LogP contribution >= 0.6 is 11.3 Å². The van der Waals surface area contributed by atoms with Crippen LogP contribution in [0.15, 0.2) is 47.3 Å². The molecular formula is C16H9N7OS. The lowest BCUT2D eigenvalue weighted by Crippen LogP contribution is -2.01. The van der Waals surface area contributed by atoms with Crippen molar-refractivity contribution < 1.29 is 4.79 Å². The molecule has 0 spiro atoms. The molecule has 1 N–H and O–H groups in total. The van der Waals surface area contributed by atoms with Gasteiger partial charge in [0.1, 0.15) is 5.51 Å². The maximum atomic E-state index is 11.6. The number of nitrogens with zero attached hydrogens (tertiary/aromatic N) is 6. The summed E-state index contributed by atoms with van der Waals surface area (Å²) in [7, 11) is 0. The second-order valence-electron chi connectivity index (χ2n) is 5.35. The zero-order valence-electron chi connectivity index (χ0n) is 12.6. The molecule has 0 saturated carbocycles. The van der Waals surface area contributed by atoms with E-state index in [0.29, 0.717) is 22.2 Å². The number of carbonyl (C=O) groups excluding carboxylic acids is 1. The number of amides is 1. The topological polar surface area (TPSA) is 97.4 Å². The van der Waals surface area contributed by atoms with Gasteiger partial charge in [-0.15, -0.1) is 10.2 Å². The first-order chi connectivity index (χ1) is 12.3. The Hall–Kier alpha value is -3.46. The number of anilines is 2. The Morgan fingerprint density at radius 3 is 3.04 bits per heavy atom. The van der Waals surface area contributed by atoms with Crippen molar-refractivity contribution in [3.05, 3.63) is 53.4 Å². The van der Waals surface area contributed by atoms with Crippen molar-refractivity contribution in [2.45, 2.75) is 0 Å². The van der Waals surface area contributed by atoms with Crippen molar-refractivity contribution >= 4 is 40.1 Å². The molecule has 0 saturated heterocycles. The molecule has 1 aliphatic heterocycles. The minimum absolute atomic E-state index is 0.205. The van der Waals surface area contributed by atoms with Gasteiger partial charge in [-0.3, -0.25) is 9.20 Å². The number of aromatic nitrogens is 5. The lowest BCUT2D eigenvalue weighted by Gasteiger charge is -2.09. The second-order valence-corrected chi connectivity index (χ2v) is 6.18. The maximum absolute atomic E-state index is 11.6. The molecule has 8 nitrogen and oxygen atoms in total. The normalized spacial score (nSPS) is 12.7. The summed E-state index contributed by atoms with van der Waals surface area (Å²) in [6, 6.07) is 5.61. The lowest BCUT2D eigenvalue weighted by atomic mass is 10.0. The molecule has 25 heavy (non-hydrogen) atoms. The van der Waals surface area contributed by atoms with Gasteiger partial charge < -0.3 is 5.32 Å². The van der Waals surface area contributed by atoms with Gasteiger partial charge in [-0.1, -0.05) is 17.4 Å². The molecule has 0 aliphatic carbocycles. The van der Waals surface area contributed by atoms with Crippen LogP contribution in [0.4, 0.5) is 10.9 Å². The summed E-state index contributed by atoms with van der Waals surface area (Å²) in [6.45, 7) is 0. The molecule has 5 rings (SSSR count). The number of aliphatic imine (C=N–C) groups is 1. The zero-order chi connectivity index (χ0) is 16.8. The number of rotatable bonds is 3. The van der Waals surface area contributed by atoms with Crippen LogP contribution in [0.25, 0.3) is 16.9 Å². The summed E-state index contributed by atoms with van der Waals surface area (Å²) in [4.78, 5) is 24.3. The van der Waals surface area contributed by atoms with E-state index in [1.807, 2.05) is 22.7 Å². The van der Waals surface area contributed by atoms with Gasteiger partial charge in [0.25, 0.3) is 5.91 Å². The first-order valence-corrected chi connectivity index (χ1v) is 8.25. The Balaban J connectivity index is 1.62. The summed E-state index contributed by atoms with van der Waals surface area (Å²) in [5.74, 6) is 0.396. The Morgan fingerprint density at radius 1 is 1.20 bits per heavy atom. The lowest BCUT2D eigenvalue weighted by molar-refractivity contribution is 0.101. The van der Waals surface area contributed by atoms with E-state index in [4.69, 9.17) is 0 Å². The molecule has 4 heterocycles. The smallest absolute Gasteiger partial charge is 0.277 e. The number of hydrogen-bond donors (Lipinski definition) is 1. The largest absolute Gasteiger partial charge is 0.312 e. The van der Waals surface area contributed by atoms with Crippen LogP contribution in [0.5, 0.6) is 0 Å². The quantitative estimate of drug-likeness (QED) is 0.612. The van der Waals surface area contributed by atoms with Crippen LogP contribution in [-0.4, -0.2) is 36.7 Å². The van der Waals surface area contributed by atoms with Crippen LogP contribution in [0.1, 0.15) is 15.9 Å². The molecule has 0 radical (unpaired) electrons. The van der Waals surface area contributed by atoms with Gasteiger partial charge in [0.15, 0.2) is 11.5 Å². The van der Waals surface area contributed by atoms with Gasteiger partial charge in [0, 0.05) is 29.7 Å². The fourth-order valence-electron chi connectivity index (χ4n) is 2.77. The Labute approximate surface area is 144 Å². The third kappa shape index (κ3) is 2.21. The molecule has 0 fully saturated rings. The van der Waals surface area contributed by atoms with E-state index in [1.54, 1.807) is 30.2 Å². The van der Waals surface area contributed by atoms with Gasteiger partial charge in [-0.25, -0.2) is 15.0 Å². The van der Waals surface area contributed by atoms with Gasteiger partial charge in [0.05, 0.1) is 17.5 Å². The molecule has 1 aliphatic rings. The maximum Gasteiger partial charge on any atom is 0.277 e. The summed E-state index contributed by atoms with van der Waals surface area (Å²) in [5, 5.41) is 11.5. The van der Waals surface area contributed by atoms with Crippen molar-refractivity contribution in [3.63, 3.8) is 0 Å². The second kappa shape index (κ2) is 5.28. The summed E-state index contributed by atoms with van der Waals surface area (Å²) >= 11 is 1.39. The predicted molar refractivity (Wildman–Crippen MR) is 93.5 cm³/mol. The number of benzene rings is 1. The SMILES string of the molecule is O=C1N=Cc2cc(-c3cnc(Nc4nncs4)c4nccn34)ccc21. The number of nitrogens with one attached hydrogen (secondary N) is 1. The van der Waals surface area contributed by atoms with Gasteiger partial charge in [0.2, 0.25) is 5.13 Å². The van der Waals surface area contributed by atoms with Crippen molar-refractivity contribution in [1.82, 2.24) is 24.6 Å². The average molecular weight is 347 g/mol. The molecule has 0 bridgehead atoms. The van der Waals surface area contributed by atoms with Crippen LogP contribution in [-0.2, 0) is 0 Å². The van der Waals surface area contributed by atoms with Crippen molar-refractivity contribution in [2.24, 2.45) is 4.99 Å². The molecule has 0 unspecified atom stereocenters. The summed E-state index contributed by atoms with van der Waals surface area (Å²) in [5.41, 5.74) is 5.55. The molecule has 3 aromatic heterocycles. The minimum atomic E-state index is -0.205. The van der Waals surface area contributed by atoms with Crippen LogP contribution < -0.4 is 5.32 Å². The van der Waals surface area contributed by atoms with Crippen LogP contribution in [0.2, 0.25) is 0 Å². The number of imidazole rings is 1. The first-order valence-electron chi connectivity index (χ1n) is 7.38. The highest BCUT2D eigenvalue weighted by Gasteiger charge is 2.17. The van der Waals surface area contributed by atoms with Crippen molar-refractivity contribution in [1.29, 1.82) is 0 Å². The van der Waals surface area contributed by atoms with Crippen molar-refractivity contribution in [2.75, 3.05) is 5.32 Å².